The van der Waals surface area contributed by atoms with Crippen LogP contribution in [0.2, 0.25) is 0 Å². The number of fused-ring (bicyclic) bond motifs is 1. The fraction of sp³-hybridized carbons (Fsp3) is 0.125. The van der Waals surface area contributed by atoms with Gasteiger partial charge in [0.05, 0.1) is 23.6 Å². The van der Waals surface area contributed by atoms with Crippen molar-refractivity contribution < 1.29 is 24.5 Å². The van der Waals surface area contributed by atoms with Gasteiger partial charge < -0.3 is 14.9 Å². The third kappa shape index (κ3) is 3.02. The highest BCUT2D eigenvalue weighted by molar-refractivity contribution is 6.51. The molecule has 2 aromatic carbocycles. The average molecular weight is 414 g/mol. The molecule has 0 aliphatic carbocycles. The molecule has 7 heteroatoms. The maximum Gasteiger partial charge on any atom is 0.300 e. The molecule has 0 radical (unpaired) electrons. The third-order valence-electron chi connectivity index (χ3n) is 5.52. The van der Waals surface area contributed by atoms with Crippen LogP contribution in [0.5, 0.6) is 11.5 Å². The topological polar surface area (TPSA) is 100.0 Å². The Bertz CT molecular complexity index is 1240. The highest BCUT2D eigenvalue weighted by atomic mass is 16.5. The van der Waals surface area contributed by atoms with Crippen LogP contribution in [0.15, 0.2) is 72.4 Å². The molecule has 0 bridgehead atoms. The number of rotatable bonds is 3. The number of aliphatic hydroxyl groups excluding tert-OH is 1. The number of ketones is 1. The van der Waals surface area contributed by atoms with Crippen molar-refractivity contribution in [2.75, 3.05) is 11.5 Å². The van der Waals surface area contributed by atoms with Gasteiger partial charge in [-0.2, -0.15) is 0 Å². The lowest BCUT2D eigenvalue weighted by Gasteiger charge is -2.25. The molecule has 3 aromatic rings. The predicted octanol–water partition coefficient (Wildman–Crippen LogP) is 3.35. The summed E-state index contributed by atoms with van der Waals surface area (Å²) in [5.74, 6) is -1.38. The molecule has 1 atom stereocenters. The zero-order valence-corrected chi connectivity index (χ0v) is 16.4. The van der Waals surface area contributed by atoms with Crippen LogP contribution in [-0.4, -0.2) is 33.5 Å². The fourth-order valence-electron chi connectivity index (χ4n) is 4.06. The first-order valence-electron chi connectivity index (χ1n) is 9.82. The maximum absolute atomic E-state index is 13.1. The third-order valence-corrected chi connectivity index (χ3v) is 5.52. The summed E-state index contributed by atoms with van der Waals surface area (Å²) >= 11 is 0. The number of phenolic OH excluding ortho intramolecular Hbond substituents is 1. The molecule has 31 heavy (non-hydrogen) atoms. The summed E-state index contributed by atoms with van der Waals surface area (Å²) in [6.45, 7) is 0.561. The van der Waals surface area contributed by atoms with Crippen LogP contribution in [0.3, 0.4) is 0 Å². The minimum Gasteiger partial charge on any atom is -0.507 e. The normalized spacial score (nSPS) is 19.4. The Morgan fingerprint density at radius 3 is 2.65 bits per heavy atom. The number of nitrogens with zero attached hydrogens (tertiary/aromatic N) is 2. The van der Waals surface area contributed by atoms with Gasteiger partial charge in [-0.05, 0) is 48.0 Å². The van der Waals surface area contributed by atoms with E-state index < -0.39 is 17.7 Å². The Morgan fingerprint density at radius 2 is 1.87 bits per heavy atom. The van der Waals surface area contributed by atoms with Gasteiger partial charge in [0.15, 0.2) is 0 Å². The smallest absolute Gasteiger partial charge is 0.300 e. The molecule has 1 aromatic heterocycles. The number of carbonyl (C=O) groups is 2. The molecule has 1 unspecified atom stereocenters. The van der Waals surface area contributed by atoms with Crippen molar-refractivity contribution in [3.05, 3.63) is 89.3 Å². The van der Waals surface area contributed by atoms with E-state index in [0.717, 1.165) is 11.3 Å². The monoisotopic (exact) mass is 414 g/mol. The Balaban J connectivity index is 1.72. The van der Waals surface area contributed by atoms with Gasteiger partial charge >= 0.3 is 0 Å². The van der Waals surface area contributed by atoms with Gasteiger partial charge in [-0.1, -0.05) is 18.2 Å². The first kappa shape index (κ1) is 18.9. The van der Waals surface area contributed by atoms with Crippen molar-refractivity contribution in [1.82, 2.24) is 4.98 Å². The van der Waals surface area contributed by atoms with Gasteiger partial charge in [-0.15, -0.1) is 0 Å². The summed E-state index contributed by atoms with van der Waals surface area (Å²) in [6.07, 6.45) is 2.25. The molecule has 154 valence electrons. The number of benzene rings is 2. The van der Waals surface area contributed by atoms with E-state index in [9.17, 15) is 19.8 Å². The number of para-hydroxylation sites is 2. The van der Waals surface area contributed by atoms with Crippen molar-refractivity contribution in [1.29, 1.82) is 0 Å². The number of ether oxygens (including phenoxy) is 1. The van der Waals surface area contributed by atoms with Gasteiger partial charge in [0.25, 0.3) is 11.7 Å². The lowest BCUT2D eigenvalue weighted by atomic mass is 9.97. The van der Waals surface area contributed by atoms with E-state index in [4.69, 9.17) is 4.74 Å². The van der Waals surface area contributed by atoms with Gasteiger partial charge in [0.2, 0.25) is 0 Å². The number of carbonyl (C=O) groups excluding carboxylic acids is 2. The van der Waals surface area contributed by atoms with E-state index in [1.54, 1.807) is 60.8 Å². The van der Waals surface area contributed by atoms with Crippen LogP contribution in [-0.2, 0) is 16.0 Å². The molecule has 0 saturated carbocycles. The summed E-state index contributed by atoms with van der Waals surface area (Å²) in [7, 11) is 0. The predicted molar refractivity (Wildman–Crippen MR) is 113 cm³/mol. The Kier molecular flexibility index (Phi) is 4.43. The molecule has 2 N–H and O–H groups in total. The van der Waals surface area contributed by atoms with E-state index in [1.807, 2.05) is 0 Å². The molecule has 3 heterocycles. The van der Waals surface area contributed by atoms with Crippen LogP contribution in [0.1, 0.15) is 22.9 Å². The molecule has 7 nitrogen and oxygen atoms in total. The SMILES string of the molecule is O=C1C(=O)N(c2ccccc2O)C(c2ccccn2)/C1=C(/O)c1ccc2c(c1)CCO2. The number of hydrogen-bond donors (Lipinski definition) is 2. The second kappa shape index (κ2) is 7.28. The lowest BCUT2D eigenvalue weighted by Crippen LogP contribution is -2.29. The quantitative estimate of drug-likeness (QED) is 0.387. The first-order chi connectivity index (χ1) is 15.1. The molecular weight excluding hydrogens is 396 g/mol. The van der Waals surface area contributed by atoms with Gasteiger partial charge in [0, 0.05) is 18.2 Å². The summed E-state index contributed by atoms with van der Waals surface area (Å²) < 4.78 is 5.51. The summed E-state index contributed by atoms with van der Waals surface area (Å²) in [6, 6.07) is 15.6. The van der Waals surface area contributed by atoms with Gasteiger partial charge in [0.1, 0.15) is 23.3 Å². The Morgan fingerprint density at radius 1 is 1.06 bits per heavy atom. The minimum absolute atomic E-state index is 0.0779. The standard InChI is InChI=1S/C24H18N2O5/c27-18-7-2-1-6-17(18)26-21(16-5-3-4-11-25-16)20(23(29)24(26)30)22(28)15-8-9-19-14(13-15)10-12-31-19/h1-9,11,13,21,27-28H,10,12H2/b22-20-. The largest absolute Gasteiger partial charge is 0.507 e. The Labute approximate surface area is 177 Å². The molecule has 0 spiro atoms. The number of Topliss-reactive ketones (excluding diaryl/α,β-unsaturated/α-hetero) is 1. The van der Waals surface area contributed by atoms with Gasteiger partial charge in [-0.3, -0.25) is 19.5 Å². The van der Waals surface area contributed by atoms with Gasteiger partial charge in [-0.25, -0.2) is 0 Å². The highest BCUT2D eigenvalue weighted by Gasteiger charge is 2.48. The van der Waals surface area contributed by atoms with Crippen LogP contribution >= 0.6 is 0 Å². The first-order valence-corrected chi connectivity index (χ1v) is 9.82. The van der Waals surface area contributed by atoms with Crippen LogP contribution in [0.4, 0.5) is 5.69 Å². The number of hydrogen-bond acceptors (Lipinski definition) is 6. The number of aliphatic hydroxyl groups is 1. The summed E-state index contributed by atoms with van der Waals surface area (Å²) in [5, 5.41) is 21.5. The van der Waals surface area contributed by atoms with Crippen molar-refractivity contribution in [3.63, 3.8) is 0 Å². The van der Waals surface area contributed by atoms with Crippen molar-refractivity contribution in [2.24, 2.45) is 0 Å². The molecule has 2 aliphatic rings. The van der Waals surface area contributed by atoms with Crippen LogP contribution in [0.25, 0.3) is 5.76 Å². The number of pyridine rings is 1. The fourth-order valence-corrected chi connectivity index (χ4v) is 4.06. The second-order valence-corrected chi connectivity index (χ2v) is 7.33. The van der Waals surface area contributed by atoms with Crippen LogP contribution in [0, 0.1) is 0 Å². The number of phenols is 1. The highest BCUT2D eigenvalue weighted by Crippen LogP contribution is 2.44. The molecule has 2 aliphatic heterocycles. The molecule has 1 saturated heterocycles. The Hall–Kier alpha value is -4.13. The number of aromatic hydroxyl groups is 1. The number of amides is 1. The number of anilines is 1. The molecule has 1 fully saturated rings. The van der Waals surface area contributed by atoms with E-state index in [1.165, 1.54) is 11.0 Å². The molecular formula is C24H18N2O5. The van der Waals surface area contributed by atoms with E-state index >= 15 is 0 Å². The summed E-state index contributed by atoms with van der Waals surface area (Å²) in [5.41, 5.74) is 1.83. The number of aromatic nitrogens is 1. The zero-order valence-electron chi connectivity index (χ0n) is 16.4. The van der Waals surface area contributed by atoms with Crippen molar-refractivity contribution in [2.45, 2.75) is 12.5 Å². The minimum atomic E-state index is -0.987. The zero-order chi connectivity index (χ0) is 21.5. The maximum atomic E-state index is 13.1. The van der Waals surface area contributed by atoms with E-state index in [2.05, 4.69) is 4.98 Å². The lowest BCUT2D eigenvalue weighted by molar-refractivity contribution is -0.132. The second-order valence-electron chi connectivity index (χ2n) is 7.33. The van der Waals surface area contributed by atoms with Crippen molar-refractivity contribution >= 4 is 23.1 Å². The average Bonchev–Trinajstić information content (AvgIpc) is 3.36. The van der Waals surface area contributed by atoms with E-state index in [-0.39, 0.29) is 22.8 Å². The van der Waals surface area contributed by atoms with E-state index in [0.29, 0.717) is 24.3 Å². The molecule has 1 amide bonds. The van der Waals surface area contributed by atoms with Crippen LogP contribution < -0.4 is 9.64 Å². The van der Waals surface area contributed by atoms with Crippen molar-refractivity contribution in [3.8, 4) is 11.5 Å². The molecule has 5 rings (SSSR count). The summed E-state index contributed by atoms with van der Waals surface area (Å²) in [4.78, 5) is 31.6.